The standard InChI is InChI=1S/C15H13ClFNO2/c1-20-15(19)14(10-3-2-4-11(16)9-10)18-13-7-5-12(17)6-8-13/h2-9,14,18H,1H3. The molecule has 0 heterocycles. The van der Waals surface area contributed by atoms with E-state index in [4.69, 9.17) is 16.3 Å². The van der Waals surface area contributed by atoms with E-state index in [1.165, 1.54) is 19.2 Å². The molecule has 2 aromatic carbocycles. The van der Waals surface area contributed by atoms with Gasteiger partial charge >= 0.3 is 5.97 Å². The lowest BCUT2D eigenvalue weighted by Crippen LogP contribution is -2.22. The Bertz CT molecular complexity index is 601. The van der Waals surface area contributed by atoms with Crippen molar-refractivity contribution in [3.8, 4) is 0 Å². The molecule has 0 aliphatic rings. The van der Waals surface area contributed by atoms with Gasteiger partial charge in [0.05, 0.1) is 7.11 Å². The van der Waals surface area contributed by atoms with E-state index >= 15 is 0 Å². The lowest BCUT2D eigenvalue weighted by molar-refractivity contribution is -0.141. The van der Waals surface area contributed by atoms with Crippen molar-refractivity contribution in [3.63, 3.8) is 0 Å². The van der Waals surface area contributed by atoms with E-state index in [2.05, 4.69) is 5.32 Å². The van der Waals surface area contributed by atoms with Gasteiger partial charge in [-0.15, -0.1) is 0 Å². The molecular formula is C15H13ClFNO2. The molecule has 20 heavy (non-hydrogen) atoms. The molecule has 0 fully saturated rings. The molecule has 2 aromatic rings. The second-order valence-electron chi connectivity index (χ2n) is 4.16. The first-order valence-electron chi connectivity index (χ1n) is 5.95. The Morgan fingerprint density at radius 2 is 1.95 bits per heavy atom. The van der Waals surface area contributed by atoms with Crippen molar-refractivity contribution in [2.75, 3.05) is 12.4 Å². The van der Waals surface area contributed by atoms with Crippen molar-refractivity contribution in [1.29, 1.82) is 0 Å². The van der Waals surface area contributed by atoms with E-state index < -0.39 is 12.0 Å². The van der Waals surface area contributed by atoms with Crippen molar-refractivity contribution >= 4 is 23.3 Å². The number of carbonyl (C=O) groups excluding carboxylic acids is 1. The van der Waals surface area contributed by atoms with Gasteiger partial charge in [-0.1, -0.05) is 23.7 Å². The highest BCUT2D eigenvalue weighted by Gasteiger charge is 2.21. The zero-order valence-corrected chi connectivity index (χ0v) is 11.5. The highest BCUT2D eigenvalue weighted by Crippen LogP contribution is 2.23. The van der Waals surface area contributed by atoms with Gasteiger partial charge in [-0.25, -0.2) is 9.18 Å². The fourth-order valence-electron chi connectivity index (χ4n) is 1.80. The third-order valence-electron chi connectivity index (χ3n) is 2.77. The van der Waals surface area contributed by atoms with Crippen LogP contribution in [0.3, 0.4) is 0 Å². The van der Waals surface area contributed by atoms with Crippen LogP contribution in [0.15, 0.2) is 48.5 Å². The molecule has 1 N–H and O–H groups in total. The maximum Gasteiger partial charge on any atom is 0.332 e. The second kappa shape index (κ2) is 6.39. The summed E-state index contributed by atoms with van der Waals surface area (Å²) in [5, 5.41) is 3.53. The fraction of sp³-hybridized carbons (Fsp3) is 0.133. The van der Waals surface area contributed by atoms with E-state index in [1.54, 1.807) is 36.4 Å². The molecule has 0 aliphatic heterocycles. The van der Waals surface area contributed by atoms with Gasteiger partial charge in [0.2, 0.25) is 0 Å². The van der Waals surface area contributed by atoms with Crippen molar-refractivity contribution in [3.05, 3.63) is 64.9 Å². The summed E-state index contributed by atoms with van der Waals surface area (Å²) in [6.07, 6.45) is 0. The molecule has 0 radical (unpaired) electrons. The van der Waals surface area contributed by atoms with Crippen LogP contribution in [-0.4, -0.2) is 13.1 Å². The van der Waals surface area contributed by atoms with Crippen molar-refractivity contribution in [1.82, 2.24) is 0 Å². The first kappa shape index (κ1) is 14.3. The van der Waals surface area contributed by atoms with Gasteiger partial charge in [-0.3, -0.25) is 0 Å². The number of hydrogen-bond acceptors (Lipinski definition) is 3. The van der Waals surface area contributed by atoms with Crippen LogP contribution in [0.1, 0.15) is 11.6 Å². The summed E-state index contributed by atoms with van der Waals surface area (Å²) in [7, 11) is 1.31. The monoisotopic (exact) mass is 293 g/mol. The van der Waals surface area contributed by atoms with Gasteiger partial charge in [-0.2, -0.15) is 0 Å². The predicted octanol–water partition coefficient (Wildman–Crippen LogP) is 3.81. The highest BCUT2D eigenvalue weighted by molar-refractivity contribution is 6.30. The number of halogens is 2. The van der Waals surface area contributed by atoms with Gasteiger partial charge in [-0.05, 0) is 42.0 Å². The Morgan fingerprint density at radius 3 is 2.55 bits per heavy atom. The lowest BCUT2D eigenvalue weighted by atomic mass is 10.1. The molecule has 5 heteroatoms. The van der Waals surface area contributed by atoms with Gasteiger partial charge in [0, 0.05) is 10.7 Å². The Hall–Kier alpha value is -2.07. The topological polar surface area (TPSA) is 38.3 Å². The lowest BCUT2D eigenvalue weighted by Gasteiger charge is -2.18. The van der Waals surface area contributed by atoms with Crippen molar-refractivity contribution in [2.45, 2.75) is 6.04 Å². The summed E-state index contributed by atoms with van der Waals surface area (Å²) in [4.78, 5) is 11.9. The molecule has 0 aliphatic carbocycles. The maximum absolute atomic E-state index is 12.9. The van der Waals surface area contributed by atoms with Crippen LogP contribution in [0.5, 0.6) is 0 Å². The second-order valence-corrected chi connectivity index (χ2v) is 4.60. The number of esters is 1. The number of nitrogens with one attached hydrogen (secondary N) is 1. The molecule has 0 spiro atoms. The van der Waals surface area contributed by atoms with Crippen molar-refractivity contribution in [2.24, 2.45) is 0 Å². The number of methoxy groups -OCH3 is 1. The van der Waals surface area contributed by atoms with Crippen LogP contribution in [-0.2, 0) is 9.53 Å². The largest absolute Gasteiger partial charge is 0.467 e. The fourth-order valence-corrected chi connectivity index (χ4v) is 1.99. The van der Waals surface area contributed by atoms with E-state index in [0.717, 1.165) is 0 Å². The molecule has 104 valence electrons. The molecule has 1 atom stereocenters. The summed E-state index contributed by atoms with van der Waals surface area (Å²) in [6.45, 7) is 0. The van der Waals surface area contributed by atoms with Gasteiger partial charge < -0.3 is 10.1 Å². The first-order chi connectivity index (χ1) is 9.60. The van der Waals surface area contributed by atoms with Crippen LogP contribution in [0, 0.1) is 5.82 Å². The maximum atomic E-state index is 12.9. The van der Waals surface area contributed by atoms with E-state index in [0.29, 0.717) is 16.3 Å². The quantitative estimate of drug-likeness (QED) is 0.871. The minimum absolute atomic E-state index is 0.340. The van der Waals surface area contributed by atoms with E-state index in [1.807, 2.05) is 0 Å². The number of ether oxygens (including phenoxy) is 1. The zero-order valence-electron chi connectivity index (χ0n) is 10.8. The number of hydrogen-bond donors (Lipinski definition) is 1. The SMILES string of the molecule is COC(=O)C(Nc1ccc(F)cc1)c1cccc(Cl)c1. The number of rotatable bonds is 4. The number of carbonyl (C=O) groups is 1. The number of anilines is 1. The predicted molar refractivity (Wildman–Crippen MR) is 76.2 cm³/mol. The minimum Gasteiger partial charge on any atom is -0.467 e. The Balaban J connectivity index is 2.28. The van der Waals surface area contributed by atoms with Gasteiger partial charge in [0.15, 0.2) is 6.04 Å². The molecule has 3 nitrogen and oxygen atoms in total. The molecule has 0 amide bonds. The van der Waals surface area contributed by atoms with Crippen molar-refractivity contribution < 1.29 is 13.9 Å². The summed E-state index contributed by atoms with van der Waals surface area (Å²) in [5.74, 6) is -0.787. The summed E-state index contributed by atoms with van der Waals surface area (Å²) < 4.78 is 17.7. The molecule has 2 rings (SSSR count). The minimum atomic E-state index is -0.704. The molecule has 0 bridgehead atoms. The van der Waals surface area contributed by atoms with Crippen LogP contribution in [0.4, 0.5) is 10.1 Å². The zero-order chi connectivity index (χ0) is 14.5. The van der Waals surface area contributed by atoms with E-state index in [-0.39, 0.29) is 5.82 Å². The van der Waals surface area contributed by atoms with E-state index in [9.17, 15) is 9.18 Å². The first-order valence-corrected chi connectivity index (χ1v) is 6.33. The summed E-state index contributed by atoms with van der Waals surface area (Å²) in [5.41, 5.74) is 1.29. The average molecular weight is 294 g/mol. The molecule has 0 aromatic heterocycles. The van der Waals surface area contributed by atoms with Crippen LogP contribution in [0.2, 0.25) is 5.02 Å². The molecular weight excluding hydrogens is 281 g/mol. The summed E-state index contributed by atoms with van der Waals surface area (Å²) in [6, 6.07) is 11.9. The van der Waals surface area contributed by atoms with Crippen LogP contribution < -0.4 is 5.32 Å². The van der Waals surface area contributed by atoms with Gasteiger partial charge in [0.1, 0.15) is 5.82 Å². The molecule has 0 saturated heterocycles. The Kier molecular flexibility index (Phi) is 4.58. The third-order valence-corrected chi connectivity index (χ3v) is 3.01. The van der Waals surface area contributed by atoms with Gasteiger partial charge in [0.25, 0.3) is 0 Å². The average Bonchev–Trinajstić information content (AvgIpc) is 2.46. The summed E-state index contributed by atoms with van der Waals surface area (Å²) >= 11 is 5.93. The Morgan fingerprint density at radius 1 is 1.25 bits per heavy atom. The smallest absolute Gasteiger partial charge is 0.332 e. The molecule has 1 unspecified atom stereocenters. The Labute approximate surface area is 121 Å². The van der Waals surface area contributed by atoms with Crippen LogP contribution >= 0.6 is 11.6 Å². The normalized spacial score (nSPS) is 11.8. The third kappa shape index (κ3) is 3.48. The molecule has 0 saturated carbocycles. The van der Waals surface area contributed by atoms with Crippen LogP contribution in [0.25, 0.3) is 0 Å². The highest BCUT2D eigenvalue weighted by atomic mass is 35.5. The number of benzene rings is 2.